The summed E-state index contributed by atoms with van der Waals surface area (Å²) in [4.78, 5) is 28.2. The number of nitrogens with one attached hydrogen (secondary N) is 2. The van der Waals surface area contributed by atoms with Crippen LogP contribution in [0.15, 0.2) is 42.6 Å². The minimum atomic E-state index is -0.342. The summed E-state index contributed by atoms with van der Waals surface area (Å²) in [6, 6.07) is 10.5. The molecule has 6 heteroatoms. The lowest BCUT2D eigenvalue weighted by Gasteiger charge is -2.10. The number of rotatable bonds is 7. The van der Waals surface area contributed by atoms with E-state index in [1.54, 1.807) is 13.2 Å². The van der Waals surface area contributed by atoms with E-state index in [0.717, 1.165) is 12.0 Å². The van der Waals surface area contributed by atoms with Gasteiger partial charge in [0.15, 0.2) is 0 Å². The first-order chi connectivity index (χ1) is 11.7. The molecular formula is C18H21N3O3. The number of hydrogen-bond acceptors (Lipinski definition) is 4. The molecule has 24 heavy (non-hydrogen) atoms. The van der Waals surface area contributed by atoms with Crippen molar-refractivity contribution in [3.8, 4) is 5.75 Å². The molecule has 2 amide bonds. The molecule has 1 aromatic heterocycles. The summed E-state index contributed by atoms with van der Waals surface area (Å²) in [5.74, 6) is 0.155. The van der Waals surface area contributed by atoms with E-state index in [4.69, 9.17) is 4.74 Å². The predicted octanol–water partition coefficient (Wildman–Crippen LogP) is 2.16. The Morgan fingerprint density at radius 3 is 2.67 bits per heavy atom. The Morgan fingerprint density at radius 2 is 1.92 bits per heavy atom. The van der Waals surface area contributed by atoms with Crippen molar-refractivity contribution in [1.82, 2.24) is 15.6 Å². The van der Waals surface area contributed by atoms with Crippen LogP contribution in [0.4, 0.5) is 0 Å². The Morgan fingerprint density at radius 1 is 1.12 bits per heavy atom. The van der Waals surface area contributed by atoms with Crippen molar-refractivity contribution in [3.63, 3.8) is 0 Å². The molecule has 1 aromatic carbocycles. The highest BCUT2D eigenvalue weighted by Crippen LogP contribution is 2.16. The van der Waals surface area contributed by atoms with Crippen molar-refractivity contribution < 1.29 is 14.3 Å². The van der Waals surface area contributed by atoms with Crippen molar-refractivity contribution >= 4 is 11.8 Å². The van der Waals surface area contributed by atoms with Gasteiger partial charge in [-0.1, -0.05) is 25.1 Å². The Labute approximate surface area is 141 Å². The van der Waals surface area contributed by atoms with Crippen molar-refractivity contribution in [3.05, 3.63) is 59.4 Å². The molecule has 1 heterocycles. The van der Waals surface area contributed by atoms with Gasteiger partial charge in [-0.2, -0.15) is 0 Å². The Kier molecular flexibility index (Phi) is 6.31. The minimum absolute atomic E-state index is 0.203. The number of ether oxygens (including phenoxy) is 1. The molecular weight excluding hydrogens is 306 g/mol. The second kappa shape index (κ2) is 8.67. The van der Waals surface area contributed by atoms with E-state index in [2.05, 4.69) is 15.6 Å². The number of amides is 2. The molecule has 0 fully saturated rings. The lowest BCUT2D eigenvalue weighted by atomic mass is 10.2. The van der Waals surface area contributed by atoms with Gasteiger partial charge in [0.2, 0.25) is 0 Å². The molecule has 126 valence electrons. The molecule has 0 aliphatic carbocycles. The zero-order valence-electron chi connectivity index (χ0n) is 13.8. The fourth-order valence-corrected chi connectivity index (χ4v) is 2.15. The summed E-state index contributed by atoms with van der Waals surface area (Å²) in [5.41, 5.74) is 1.49. The van der Waals surface area contributed by atoms with Crippen LogP contribution in [-0.4, -0.2) is 30.5 Å². The van der Waals surface area contributed by atoms with E-state index >= 15 is 0 Å². The molecule has 0 unspecified atom stereocenters. The number of nitrogens with zero attached hydrogens (tertiary/aromatic N) is 1. The molecule has 0 saturated carbocycles. The Balaban J connectivity index is 2.03. The van der Waals surface area contributed by atoms with E-state index in [0.29, 0.717) is 24.4 Å². The molecule has 0 radical (unpaired) electrons. The fourth-order valence-electron chi connectivity index (χ4n) is 2.15. The highest BCUT2D eigenvalue weighted by Gasteiger charge is 2.12. The third-order valence-electron chi connectivity index (χ3n) is 3.42. The van der Waals surface area contributed by atoms with Gasteiger partial charge in [-0.05, 0) is 24.6 Å². The molecule has 2 rings (SSSR count). The molecule has 0 saturated heterocycles. The van der Waals surface area contributed by atoms with Crippen LogP contribution >= 0.6 is 0 Å². The van der Waals surface area contributed by atoms with Gasteiger partial charge in [-0.25, -0.2) is 0 Å². The topological polar surface area (TPSA) is 80.3 Å². The molecule has 0 spiro atoms. The van der Waals surface area contributed by atoms with Crippen LogP contribution in [0.1, 0.15) is 39.8 Å². The van der Waals surface area contributed by atoms with Crippen LogP contribution in [0, 0.1) is 0 Å². The Hall–Kier alpha value is -2.89. The summed E-state index contributed by atoms with van der Waals surface area (Å²) in [6.45, 7) is 2.89. The maximum atomic E-state index is 12.3. The first-order valence-electron chi connectivity index (χ1n) is 7.80. The standard InChI is InChI=1S/C18H21N3O3/c1-3-9-20-17(22)13-8-10-19-15(11-13)18(23)21-12-14-6-4-5-7-16(14)24-2/h4-8,10-11H,3,9,12H2,1-2H3,(H,20,22)(H,21,23). The van der Waals surface area contributed by atoms with E-state index in [1.807, 2.05) is 31.2 Å². The molecule has 2 N–H and O–H groups in total. The van der Waals surface area contributed by atoms with Crippen molar-refractivity contribution in [2.24, 2.45) is 0 Å². The SMILES string of the molecule is CCCNC(=O)c1ccnc(C(=O)NCc2ccccc2OC)c1. The number of methoxy groups -OCH3 is 1. The van der Waals surface area contributed by atoms with Crippen molar-refractivity contribution in [1.29, 1.82) is 0 Å². The van der Waals surface area contributed by atoms with Crippen LogP contribution in [0.5, 0.6) is 5.75 Å². The van der Waals surface area contributed by atoms with Crippen LogP contribution in [0.2, 0.25) is 0 Å². The number of benzene rings is 1. The fraction of sp³-hybridized carbons (Fsp3) is 0.278. The van der Waals surface area contributed by atoms with Crippen molar-refractivity contribution in [2.75, 3.05) is 13.7 Å². The third kappa shape index (κ3) is 4.55. The number of aromatic nitrogens is 1. The van der Waals surface area contributed by atoms with Crippen LogP contribution in [0.25, 0.3) is 0 Å². The highest BCUT2D eigenvalue weighted by molar-refractivity contribution is 5.98. The smallest absolute Gasteiger partial charge is 0.270 e. The van der Waals surface area contributed by atoms with Gasteiger partial charge >= 0.3 is 0 Å². The Bertz CT molecular complexity index is 716. The lowest BCUT2D eigenvalue weighted by Crippen LogP contribution is -2.26. The predicted molar refractivity (Wildman–Crippen MR) is 91.0 cm³/mol. The molecule has 0 aliphatic rings. The number of carbonyl (C=O) groups is 2. The summed E-state index contributed by atoms with van der Waals surface area (Å²) in [6.07, 6.45) is 2.31. The number of para-hydroxylation sites is 1. The zero-order chi connectivity index (χ0) is 17.4. The second-order valence-electron chi connectivity index (χ2n) is 5.18. The molecule has 0 bridgehead atoms. The van der Waals surface area contributed by atoms with Gasteiger partial charge in [0.1, 0.15) is 11.4 Å². The summed E-state index contributed by atoms with van der Waals surface area (Å²) >= 11 is 0. The van der Waals surface area contributed by atoms with Gasteiger partial charge in [0, 0.05) is 30.4 Å². The number of hydrogen-bond donors (Lipinski definition) is 2. The average Bonchev–Trinajstić information content (AvgIpc) is 2.64. The number of carbonyl (C=O) groups excluding carboxylic acids is 2. The van der Waals surface area contributed by atoms with E-state index in [-0.39, 0.29) is 17.5 Å². The molecule has 2 aromatic rings. The molecule has 6 nitrogen and oxygen atoms in total. The van der Waals surface area contributed by atoms with E-state index < -0.39 is 0 Å². The molecule has 0 atom stereocenters. The van der Waals surface area contributed by atoms with Crippen LogP contribution in [-0.2, 0) is 6.54 Å². The van der Waals surface area contributed by atoms with Gasteiger partial charge in [0.05, 0.1) is 7.11 Å². The minimum Gasteiger partial charge on any atom is -0.496 e. The third-order valence-corrected chi connectivity index (χ3v) is 3.42. The highest BCUT2D eigenvalue weighted by atomic mass is 16.5. The van der Waals surface area contributed by atoms with Gasteiger partial charge in [0.25, 0.3) is 11.8 Å². The largest absolute Gasteiger partial charge is 0.496 e. The zero-order valence-corrected chi connectivity index (χ0v) is 13.8. The van der Waals surface area contributed by atoms with Crippen LogP contribution < -0.4 is 15.4 Å². The normalized spacial score (nSPS) is 10.1. The van der Waals surface area contributed by atoms with Gasteiger partial charge in [-0.15, -0.1) is 0 Å². The monoisotopic (exact) mass is 327 g/mol. The second-order valence-corrected chi connectivity index (χ2v) is 5.18. The van der Waals surface area contributed by atoms with Crippen molar-refractivity contribution in [2.45, 2.75) is 19.9 Å². The summed E-state index contributed by atoms with van der Waals surface area (Å²) in [5, 5.41) is 5.56. The summed E-state index contributed by atoms with van der Waals surface area (Å²) in [7, 11) is 1.58. The summed E-state index contributed by atoms with van der Waals surface area (Å²) < 4.78 is 5.25. The first kappa shape index (κ1) is 17.5. The van der Waals surface area contributed by atoms with Crippen LogP contribution in [0.3, 0.4) is 0 Å². The average molecular weight is 327 g/mol. The lowest BCUT2D eigenvalue weighted by molar-refractivity contribution is 0.0945. The van der Waals surface area contributed by atoms with Gasteiger partial charge in [-0.3, -0.25) is 14.6 Å². The quantitative estimate of drug-likeness (QED) is 0.816. The number of pyridine rings is 1. The molecule has 0 aliphatic heterocycles. The maximum Gasteiger partial charge on any atom is 0.270 e. The first-order valence-corrected chi connectivity index (χ1v) is 7.80. The van der Waals surface area contributed by atoms with E-state index in [9.17, 15) is 9.59 Å². The van der Waals surface area contributed by atoms with E-state index in [1.165, 1.54) is 12.3 Å². The van der Waals surface area contributed by atoms with Gasteiger partial charge < -0.3 is 15.4 Å². The maximum absolute atomic E-state index is 12.3.